The number of nitriles is 2. The topological polar surface area (TPSA) is 59.6 Å². The highest BCUT2D eigenvalue weighted by molar-refractivity contribution is 6.32. The molecule has 0 atom stereocenters. The Morgan fingerprint density at radius 2 is 1.65 bits per heavy atom. The first-order chi connectivity index (χ1) is 9.55. The molecule has 0 aliphatic carbocycles. The van der Waals surface area contributed by atoms with E-state index in [0.29, 0.717) is 5.69 Å². The van der Waals surface area contributed by atoms with Crippen molar-refractivity contribution in [3.63, 3.8) is 0 Å². The zero-order chi connectivity index (χ0) is 14.7. The molecule has 2 aromatic carbocycles. The number of benzene rings is 2. The summed E-state index contributed by atoms with van der Waals surface area (Å²) < 4.78 is 27.4. The number of hydrogen-bond donors (Lipinski definition) is 1. The van der Waals surface area contributed by atoms with Crippen LogP contribution in [0.5, 0.6) is 0 Å². The summed E-state index contributed by atoms with van der Waals surface area (Å²) in [6, 6.07) is 9.69. The highest BCUT2D eigenvalue weighted by atomic mass is 35.5. The summed E-state index contributed by atoms with van der Waals surface area (Å²) in [5.74, 6) is -1.77. The second-order valence-electron chi connectivity index (χ2n) is 3.86. The molecule has 0 saturated carbocycles. The minimum atomic E-state index is -0.887. The summed E-state index contributed by atoms with van der Waals surface area (Å²) in [6.45, 7) is 0. The molecule has 6 heteroatoms. The van der Waals surface area contributed by atoms with Gasteiger partial charge in [0.15, 0.2) is 11.6 Å². The second kappa shape index (κ2) is 5.56. The molecular formula is C14H6ClF2N3. The van der Waals surface area contributed by atoms with Crippen molar-refractivity contribution in [2.75, 3.05) is 5.32 Å². The molecular weight excluding hydrogens is 284 g/mol. The summed E-state index contributed by atoms with van der Waals surface area (Å²) in [5, 5.41) is 20.1. The first-order valence-electron chi connectivity index (χ1n) is 5.41. The highest BCUT2D eigenvalue weighted by Crippen LogP contribution is 2.27. The maximum Gasteiger partial charge on any atom is 0.150 e. The molecule has 0 fully saturated rings. The van der Waals surface area contributed by atoms with Crippen LogP contribution in [0.4, 0.5) is 20.2 Å². The van der Waals surface area contributed by atoms with E-state index in [2.05, 4.69) is 5.32 Å². The third kappa shape index (κ3) is 2.69. The van der Waals surface area contributed by atoms with E-state index in [9.17, 15) is 8.78 Å². The van der Waals surface area contributed by atoms with Gasteiger partial charge in [-0.1, -0.05) is 11.6 Å². The van der Waals surface area contributed by atoms with Crippen LogP contribution in [0.3, 0.4) is 0 Å². The van der Waals surface area contributed by atoms with Crippen molar-refractivity contribution in [3.05, 3.63) is 58.1 Å². The van der Waals surface area contributed by atoms with Crippen LogP contribution in [0.2, 0.25) is 5.02 Å². The van der Waals surface area contributed by atoms with Gasteiger partial charge in [-0.25, -0.2) is 8.78 Å². The van der Waals surface area contributed by atoms with Gasteiger partial charge >= 0.3 is 0 Å². The zero-order valence-corrected chi connectivity index (χ0v) is 10.7. The first-order valence-corrected chi connectivity index (χ1v) is 5.78. The van der Waals surface area contributed by atoms with Crippen LogP contribution < -0.4 is 5.32 Å². The number of nitrogens with zero attached hydrogens (tertiary/aromatic N) is 2. The largest absolute Gasteiger partial charge is 0.351 e. The molecule has 0 heterocycles. The van der Waals surface area contributed by atoms with Gasteiger partial charge in [0.05, 0.1) is 22.2 Å². The Labute approximate surface area is 118 Å². The number of anilines is 2. The van der Waals surface area contributed by atoms with Gasteiger partial charge in [-0.2, -0.15) is 10.5 Å². The molecule has 3 nitrogen and oxygen atoms in total. The van der Waals surface area contributed by atoms with Crippen molar-refractivity contribution < 1.29 is 8.78 Å². The maximum absolute atomic E-state index is 13.7. The predicted molar refractivity (Wildman–Crippen MR) is 70.5 cm³/mol. The Kier molecular flexibility index (Phi) is 3.84. The van der Waals surface area contributed by atoms with Crippen LogP contribution in [0.1, 0.15) is 11.1 Å². The first kappa shape index (κ1) is 13.8. The Morgan fingerprint density at radius 1 is 1.00 bits per heavy atom. The molecule has 0 spiro atoms. The summed E-state index contributed by atoms with van der Waals surface area (Å²) in [5.41, 5.74) is 0.0997. The number of rotatable bonds is 2. The van der Waals surface area contributed by atoms with E-state index in [0.717, 1.165) is 12.1 Å². The Morgan fingerprint density at radius 3 is 2.15 bits per heavy atom. The minimum Gasteiger partial charge on any atom is -0.351 e. The van der Waals surface area contributed by atoms with Crippen molar-refractivity contribution in [1.29, 1.82) is 10.5 Å². The Hall–Kier alpha value is -2.63. The van der Waals surface area contributed by atoms with E-state index in [1.807, 2.05) is 6.07 Å². The molecule has 98 valence electrons. The lowest BCUT2D eigenvalue weighted by Crippen LogP contribution is -1.99. The van der Waals surface area contributed by atoms with Crippen molar-refractivity contribution in [3.8, 4) is 12.1 Å². The molecule has 1 N–H and O–H groups in total. The molecule has 0 amide bonds. The van der Waals surface area contributed by atoms with E-state index in [4.69, 9.17) is 22.1 Å². The van der Waals surface area contributed by atoms with E-state index in [1.54, 1.807) is 6.07 Å². The minimum absolute atomic E-state index is 0.108. The fraction of sp³-hybridized carbons (Fsp3) is 0. The monoisotopic (exact) mass is 289 g/mol. The van der Waals surface area contributed by atoms with E-state index >= 15 is 0 Å². The van der Waals surface area contributed by atoms with Gasteiger partial charge in [-0.05, 0) is 30.3 Å². The molecule has 0 unspecified atom stereocenters. The average molecular weight is 290 g/mol. The lowest BCUT2D eigenvalue weighted by molar-refractivity contribution is 0.590. The molecule has 2 aromatic rings. The molecule has 2 rings (SSSR count). The van der Waals surface area contributed by atoms with Gasteiger partial charge in [0.25, 0.3) is 0 Å². The number of hydrogen-bond acceptors (Lipinski definition) is 3. The van der Waals surface area contributed by atoms with Crippen LogP contribution in [0.25, 0.3) is 0 Å². The smallest absolute Gasteiger partial charge is 0.150 e. The van der Waals surface area contributed by atoms with Crippen LogP contribution in [0, 0.1) is 34.3 Å². The standard InChI is InChI=1S/C14H6ClF2N3/c15-11-5-10(2-1-9(11)7-19)20-14-12(16)3-8(6-18)4-13(14)17/h1-5,20H. The molecule has 0 bridgehead atoms. The normalized spacial score (nSPS) is 9.65. The summed E-state index contributed by atoms with van der Waals surface area (Å²) >= 11 is 5.83. The molecule has 0 aromatic heterocycles. The van der Waals surface area contributed by atoms with Crippen LogP contribution in [0.15, 0.2) is 30.3 Å². The van der Waals surface area contributed by atoms with Crippen LogP contribution >= 0.6 is 11.6 Å². The fourth-order valence-electron chi connectivity index (χ4n) is 1.58. The highest BCUT2D eigenvalue weighted by Gasteiger charge is 2.12. The molecule has 0 radical (unpaired) electrons. The molecule has 0 aliphatic rings. The molecule has 20 heavy (non-hydrogen) atoms. The van der Waals surface area contributed by atoms with Gasteiger partial charge in [0.1, 0.15) is 11.8 Å². The third-order valence-electron chi connectivity index (χ3n) is 2.53. The lowest BCUT2D eigenvalue weighted by Gasteiger charge is -2.09. The predicted octanol–water partition coefficient (Wildman–Crippen LogP) is 4.11. The van der Waals surface area contributed by atoms with Crippen LogP contribution in [-0.2, 0) is 0 Å². The van der Waals surface area contributed by atoms with Gasteiger partial charge in [-0.3, -0.25) is 0 Å². The molecule has 0 saturated heterocycles. The van der Waals surface area contributed by atoms with E-state index < -0.39 is 11.6 Å². The van der Waals surface area contributed by atoms with Gasteiger partial charge in [0, 0.05) is 5.69 Å². The number of nitrogens with one attached hydrogen (secondary N) is 1. The SMILES string of the molecule is N#Cc1cc(F)c(Nc2ccc(C#N)c(Cl)c2)c(F)c1. The molecule has 0 aliphatic heterocycles. The maximum atomic E-state index is 13.7. The summed E-state index contributed by atoms with van der Waals surface area (Å²) in [6.07, 6.45) is 0. The van der Waals surface area contributed by atoms with Gasteiger partial charge in [0.2, 0.25) is 0 Å². The summed E-state index contributed by atoms with van der Waals surface area (Å²) in [7, 11) is 0. The average Bonchev–Trinajstić information content (AvgIpc) is 2.42. The third-order valence-corrected chi connectivity index (χ3v) is 2.84. The second-order valence-corrected chi connectivity index (χ2v) is 4.27. The fourth-order valence-corrected chi connectivity index (χ4v) is 1.81. The number of halogens is 3. The van der Waals surface area contributed by atoms with Crippen molar-refractivity contribution in [2.24, 2.45) is 0 Å². The Balaban J connectivity index is 2.39. The van der Waals surface area contributed by atoms with E-state index in [1.165, 1.54) is 18.2 Å². The quantitative estimate of drug-likeness (QED) is 0.905. The van der Waals surface area contributed by atoms with Gasteiger partial charge < -0.3 is 5.32 Å². The zero-order valence-electron chi connectivity index (χ0n) is 9.92. The Bertz CT molecular complexity index is 737. The lowest BCUT2D eigenvalue weighted by atomic mass is 10.1. The van der Waals surface area contributed by atoms with Crippen molar-refractivity contribution in [1.82, 2.24) is 0 Å². The van der Waals surface area contributed by atoms with E-state index in [-0.39, 0.29) is 21.8 Å². The summed E-state index contributed by atoms with van der Waals surface area (Å²) in [4.78, 5) is 0. The van der Waals surface area contributed by atoms with Gasteiger partial charge in [-0.15, -0.1) is 0 Å². The van der Waals surface area contributed by atoms with Crippen molar-refractivity contribution >= 4 is 23.0 Å². The van der Waals surface area contributed by atoms with Crippen molar-refractivity contribution in [2.45, 2.75) is 0 Å². The van der Waals surface area contributed by atoms with Crippen LogP contribution in [-0.4, -0.2) is 0 Å².